The summed E-state index contributed by atoms with van der Waals surface area (Å²) >= 11 is 1.56. The highest BCUT2D eigenvalue weighted by molar-refractivity contribution is 7.09. The number of fused-ring (bicyclic) bond motifs is 2. The summed E-state index contributed by atoms with van der Waals surface area (Å²) in [6, 6.07) is 15.6. The van der Waals surface area contributed by atoms with Crippen LogP contribution in [0.2, 0.25) is 0 Å². The Hall–Kier alpha value is -5.34. The van der Waals surface area contributed by atoms with E-state index >= 15 is 0 Å². The monoisotopic (exact) mass is 762 g/mol. The number of thiazole rings is 1. The van der Waals surface area contributed by atoms with Gasteiger partial charge in [0.1, 0.15) is 22.7 Å². The molecule has 2 aliphatic carbocycles. The van der Waals surface area contributed by atoms with Gasteiger partial charge in [0.15, 0.2) is 0 Å². The molecule has 7 atom stereocenters. The molecule has 2 saturated carbocycles. The molecule has 2 bridgehead atoms. The lowest BCUT2D eigenvalue weighted by Crippen LogP contribution is -2.54. The fourth-order valence-corrected chi connectivity index (χ4v) is 9.42. The van der Waals surface area contributed by atoms with Crippen molar-refractivity contribution in [1.82, 2.24) is 40.5 Å². The zero-order valence-electron chi connectivity index (χ0n) is 31.2. The van der Waals surface area contributed by atoms with E-state index in [-0.39, 0.29) is 29.7 Å². The molecule has 14 heteroatoms. The van der Waals surface area contributed by atoms with Crippen molar-refractivity contribution in [2.75, 3.05) is 20.8 Å². The molecule has 1 aliphatic heterocycles. The molecule has 3 amide bonds. The first kappa shape index (κ1) is 36.6. The topological polar surface area (TPSA) is 167 Å². The van der Waals surface area contributed by atoms with E-state index in [2.05, 4.69) is 79.1 Å². The Morgan fingerprint density at radius 2 is 1.51 bits per heavy atom. The highest BCUT2D eigenvalue weighted by atomic mass is 32.1. The lowest BCUT2D eigenvalue weighted by molar-refractivity contribution is -0.137. The van der Waals surface area contributed by atoms with Gasteiger partial charge in [-0.3, -0.25) is 9.59 Å². The Labute approximate surface area is 323 Å². The van der Waals surface area contributed by atoms with Gasteiger partial charge in [-0.25, -0.2) is 19.7 Å². The predicted octanol–water partition coefficient (Wildman–Crippen LogP) is 6.46. The molecule has 2 aromatic carbocycles. The van der Waals surface area contributed by atoms with Gasteiger partial charge in [-0.05, 0) is 73.1 Å². The van der Waals surface area contributed by atoms with E-state index < -0.39 is 18.2 Å². The summed E-state index contributed by atoms with van der Waals surface area (Å²) in [5.41, 5.74) is 6.00. The maximum atomic E-state index is 13.6. The van der Waals surface area contributed by atoms with Crippen LogP contribution in [0.15, 0.2) is 72.5 Å². The molecule has 286 valence electrons. The molecule has 4 heterocycles. The van der Waals surface area contributed by atoms with Crippen molar-refractivity contribution in [3.8, 4) is 33.6 Å². The van der Waals surface area contributed by atoms with Gasteiger partial charge in [0, 0.05) is 31.1 Å². The largest absolute Gasteiger partial charge is 0.453 e. The number of imidazole rings is 2. The summed E-state index contributed by atoms with van der Waals surface area (Å²) < 4.78 is 10.2. The van der Waals surface area contributed by atoms with E-state index in [1.807, 2.05) is 11.6 Å². The number of H-pyrrole nitrogens is 2. The minimum absolute atomic E-state index is 0.0716. The Kier molecular flexibility index (Phi) is 10.5. The van der Waals surface area contributed by atoms with Crippen molar-refractivity contribution in [1.29, 1.82) is 0 Å². The van der Waals surface area contributed by atoms with Crippen molar-refractivity contribution in [2.45, 2.75) is 69.7 Å². The molecule has 3 aliphatic rings. The van der Waals surface area contributed by atoms with Crippen LogP contribution in [-0.4, -0.2) is 80.6 Å². The number of nitrogens with zero attached hydrogens (tertiary/aromatic N) is 4. The van der Waals surface area contributed by atoms with Crippen LogP contribution < -0.4 is 10.6 Å². The number of hydrogen-bond donors (Lipinski definition) is 4. The van der Waals surface area contributed by atoms with Crippen molar-refractivity contribution in [3.05, 3.63) is 89.2 Å². The normalized spacial score (nSPS) is 22.7. The Morgan fingerprint density at radius 1 is 0.873 bits per heavy atom. The molecule has 4 N–H and O–H groups in total. The number of aromatic nitrogens is 5. The maximum absolute atomic E-state index is 13.6. The number of carbonyl (C=O) groups excluding carboxylic acids is 3. The fourth-order valence-electron chi connectivity index (χ4n) is 8.87. The zero-order valence-corrected chi connectivity index (χ0v) is 32.0. The summed E-state index contributed by atoms with van der Waals surface area (Å²) in [6.45, 7) is 2.77. The molecular formula is C41H46N8O5S. The second-order valence-electron chi connectivity index (χ2n) is 14.8. The number of amides is 3. The standard InChI is InChI=1S/C41H46N8O5S/c1-23(53-2)36(48-41(52)54-3)40(51)49-17-4-5-32(49)37-43-20-30(46-37)26-10-6-24(7-11-26)25-8-12-27(13-9-25)31-21-44-38(47-31)34-28-14-15-29(19-28)35(34)39(50)45-22-33-42-16-18-55-33/h6-13,16,18,20-21,23,28-29,32,34-36H,4-5,14-15,17,19,22H2,1-3H3,(H,43,46)(H,44,47)(H,45,50)(H,48,52)/t23-,28?,29?,32+,34?,35?,36+/m1/s1. The number of benzene rings is 2. The van der Waals surface area contributed by atoms with Gasteiger partial charge in [-0.15, -0.1) is 11.3 Å². The smallest absolute Gasteiger partial charge is 0.407 e. The second kappa shape index (κ2) is 15.8. The molecule has 0 spiro atoms. The van der Waals surface area contributed by atoms with Gasteiger partial charge in [0.25, 0.3) is 0 Å². The van der Waals surface area contributed by atoms with E-state index in [0.717, 1.165) is 76.6 Å². The summed E-state index contributed by atoms with van der Waals surface area (Å²) in [7, 11) is 2.77. The van der Waals surface area contributed by atoms with Gasteiger partial charge < -0.3 is 35.0 Å². The second-order valence-corrected chi connectivity index (χ2v) is 15.8. The first-order valence-electron chi connectivity index (χ1n) is 19.0. The summed E-state index contributed by atoms with van der Waals surface area (Å²) in [4.78, 5) is 61.6. The van der Waals surface area contributed by atoms with E-state index in [1.165, 1.54) is 14.2 Å². The number of carbonyl (C=O) groups is 3. The average Bonchev–Trinajstić information content (AvgIpc) is 4.08. The molecule has 1 saturated heterocycles. The number of ether oxygens (including phenoxy) is 2. The predicted molar refractivity (Wildman–Crippen MR) is 208 cm³/mol. The Balaban J connectivity index is 0.920. The van der Waals surface area contributed by atoms with Crippen molar-refractivity contribution >= 4 is 29.2 Å². The average molecular weight is 763 g/mol. The number of likely N-dealkylation sites (tertiary alicyclic amines) is 1. The third-order valence-electron chi connectivity index (χ3n) is 11.8. The minimum atomic E-state index is -0.884. The highest BCUT2D eigenvalue weighted by Crippen LogP contribution is 2.56. The molecule has 55 heavy (non-hydrogen) atoms. The van der Waals surface area contributed by atoms with Crippen LogP contribution in [0.5, 0.6) is 0 Å². The SMILES string of the molecule is COC(=O)N[C@H](C(=O)N1CCC[C@H]1c1ncc(-c2ccc(-c3ccc(-c4cnc(C5C6CCC(C6)C5C(=O)NCc5nccs5)[nH]4)cc3)cc2)[nH]1)[C@@H](C)OC. The molecule has 0 radical (unpaired) electrons. The van der Waals surface area contributed by atoms with Crippen LogP contribution in [0.3, 0.4) is 0 Å². The molecule has 8 rings (SSSR count). The fraction of sp³-hybridized carbons (Fsp3) is 0.415. The number of hydrogen-bond acceptors (Lipinski definition) is 9. The first-order valence-corrected chi connectivity index (χ1v) is 19.8. The quantitative estimate of drug-likeness (QED) is 0.112. The first-order chi connectivity index (χ1) is 26.8. The molecule has 13 nitrogen and oxygen atoms in total. The number of alkyl carbamates (subject to hydrolysis) is 1. The summed E-state index contributed by atoms with van der Waals surface area (Å²) in [5, 5.41) is 8.63. The van der Waals surface area contributed by atoms with Crippen LogP contribution in [0, 0.1) is 17.8 Å². The van der Waals surface area contributed by atoms with Gasteiger partial charge >= 0.3 is 6.09 Å². The van der Waals surface area contributed by atoms with Crippen LogP contribution >= 0.6 is 11.3 Å². The van der Waals surface area contributed by atoms with Crippen molar-refractivity contribution in [2.24, 2.45) is 17.8 Å². The van der Waals surface area contributed by atoms with Crippen LogP contribution in [0.1, 0.15) is 67.6 Å². The van der Waals surface area contributed by atoms with Gasteiger partial charge in [-0.1, -0.05) is 48.5 Å². The minimum Gasteiger partial charge on any atom is -0.453 e. The third-order valence-corrected chi connectivity index (χ3v) is 12.5. The summed E-state index contributed by atoms with van der Waals surface area (Å²) in [6.07, 6.45) is 9.14. The van der Waals surface area contributed by atoms with Crippen LogP contribution in [0.4, 0.5) is 4.79 Å². The Morgan fingerprint density at radius 3 is 2.15 bits per heavy atom. The van der Waals surface area contributed by atoms with E-state index in [0.29, 0.717) is 30.7 Å². The molecule has 5 aromatic rings. The van der Waals surface area contributed by atoms with Gasteiger partial charge in [-0.2, -0.15) is 0 Å². The third kappa shape index (κ3) is 7.40. The number of aromatic amines is 2. The molecule has 3 aromatic heterocycles. The summed E-state index contributed by atoms with van der Waals surface area (Å²) in [5.74, 6) is 2.38. The zero-order chi connectivity index (χ0) is 38.1. The lowest BCUT2D eigenvalue weighted by Gasteiger charge is -2.30. The van der Waals surface area contributed by atoms with Crippen molar-refractivity contribution < 1.29 is 23.9 Å². The molecular weight excluding hydrogens is 717 g/mol. The van der Waals surface area contributed by atoms with Gasteiger partial charge in [0.2, 0.25) is 11.8 Å². The van der Waals surface area contributed by atoms with E-state index in [9.17, 15) is 14.4 Å². The van der Waals surface area contributed by atoms with Crippen LogP contribution in [-0.2, 0) is 25.6 Å². The van der Waals surface area contributed by atoms with E-state index in [4.69, 9.17) is 14.5 Å². The highest BCUT2D eigenvalue weighted by Gasteiger charge is 2.52. The van der Waals surface area contributed by atoms with Crippen LogP contribution in [0.25, 0.3) is 33.6 Å². The lowest BCUT2D eigenvalue weighted by atomic mass is 9.78. The van der Waals surface area contributed by atoms with E-state index in [1.54, 1.807) is 35.6 Å². The Bertz CT molecular complexity index is 2110. The molecule has 4 unspecified atom stereocenters. The maximum Gasteiger partial charge on any atom is 0.407 e. The number of methoxy groups -OCH3 is 2. The molecule has 3 fully saturated rings. The van der Waals surface area contributed by atoms with Crippen molar-refractivity contribution in [3.63, 3.8) is 0 Å². The number of nitrogens with one attached hydrogen (secondary N) is 4. The number of rotatable bonds is 12. The van der Waals surface area contributed by atoms with Gasteiger partial charge in [0.05, 0.1) is 55.5 Å².